The Morgan fingerprint density at radius 3 is 2.28 bits per heavy atom. The highest BCUT2D eigenvalue weighted by Crippen LogP contribution is 2.38. The fourth-order valence-corrected chi connectivity index (χ4v) is 3.67. The molecule has 8 nitrogen and oxygen atoms in total. The summed E-state index contributed by atoms with van der Waals surface area (Å²) in [5, 5.41) is 1.51. The van der Waals surface area contributed by atoms with Crippen LogP contribution < -0.4 is 14.8 Å². The lowest BCUT2D eigenvalue weighted by Gasteiger charge is -2.15. The smallest absolute Gasteiger partial charge is 0.405 e. The van der Waals surface area contributed by atoms with Crippen LogP contribution in [0.4, 0.5) is 13.2 Å². The highest BCUT2D eigenvalue weighted by molar-refractivity contribution is 7.90. The highest BCUT2D eigenvalue weighted by Gasteiger charge is 2.43. The van der Waals surface area contributed by atoms with E-state index in [1.807, 2.05) is 0 Å². The lowest BCUT2D eigenvalue weighted by atomic mass is 10.2. The molecule has 2 amide bonds. The molecule has 1 aliphatic heterocycles. The molecule has 1 heterocycles. The summed E-state index contributed by atoms with van der Waals surface area (Å²) in [5.41, 5.74) is -0.263. The summed E-state index contributed by atoms with van der Waals surface area (Å²) >= 11 is 0. The second-order valence-corrected chi connectivity index (χ2v) is 6.74. The monoisotopic (exact) mass is 382 g/mol. The number of halogens is 3. The first kappa shape index (κ1) is 18.8. The van der Waals surface area contributed by atoms with Gasteiger partial charge in [0.25, 0.3) is 15.9 Å². The number of benzene rings is 1. The van der Waals surface area contributed by atoms with Gasteiger partial charge in [-0.15, -0.1) is 0 Å². The number of hydrogen-bond acceptors (Lipinski definition) is 6. The molecular weight excluding hydrogens is 369 g/mol. The number of hydrogen-bond donors (Lipinski definition) is 1. The van der Waals surface area contributed by atoms with Gasteiger partial charge in [0.05, 0.1) is 19.8 Å². The number of nitrogens with zero attached hydrogens (tertiary/aromatic N) is 1. The van der Waals surface area contributed by atoms with Gasteiger partial charge in [-0.05, 0) is 6.07 Å². The van der Waals surface area contributed by atoms with Crippen molar-refractivity contribution in [1.82, 2.24) is 9.62 Å². The van der Waals surface area contributed by atoms with Crippen LogP contribution in [0.15, 0.2) is 17.0 Å². The summed E-state index contributed by atoms with van der Waals surface area (Å²) in [6, 6.07) is 2.18. The summed E-state index contributed by atoms with van der Waals surface area (Å²) in [4.78, 5) is 23.4. The number of rotatable bonds is 5. The van der Waals surface area contributed by atoms with Gasteiger partial charge >= 0.3 is 6.18 Å². The Bertz CT molecular complexity index is 822. The van der Waals surface area contributed by atoms with E-state index in [0.717, 1.165) is 12.1 Å². The number of ether oxygens (including phenoxy) is 2. The van der Waals surface area contributed by atoms with Crippen LogP contribution in [0.25, 0.3) is 0 Å². The number of alkyl halides is 3. The molecule has 0 unspecified atom stereocenters. The predicted molar refractivity (Wildman–Crippen MR) is 76.8 cm³/mol. The molecular formula is C13H13F3N2O6S. The number of amides is 2. The largest absolute Gasteiger partial charge is 0.493 e. The second kappa shape index (κ2) is 6.43. The maximum atomic E-state index is 12.4. The number of carbonyl (C=O) groups excluding carboxylic acids is 2. The quantitative estimate of drug-likeness (QED) is 0.797. The van der Waals surface area contributed by atoms with E-state index < -0.39 is 46.0 Å². The number of nitrogens with one attached hydrogen (secondary N) is 1. The van der Waals surface area contributed by atoms with E-state index in [1.54, 1.807) is 0 Å². The molecule has 0 aromatic heterocycles. The lowest BCUT2D eigenvalue weighted by molar-refractivity contribution is -0.138. The Morgan fingerprint density at radius 1 is 1.20 bits per heavy atom. The highest BCUT2D eigenvalue weighted by atomic mass is 32.2. The van der Waals surface area contributed by atoms with Crippen molar-refractivity contribution in [3.63, 3.8) is 0 Å². The van der Waals surface area contributed by atoms with E-state index in [4.69, 9.17) is 9.47 Å². The average molecular weight is 382 g/mol. The molecule has 0 atom stereocenters. The molecule has 2 rings (SSSR count). The van der Waals surface area contributed by atoms with Gasteiger partial charge < -0.3 is 14.8 Å². The molecule has 0 fully saturated rings. The van der Waals surface area contributed by atoms with Gasteiger partial charge in [0, 0.05) is 6.07 Å². The van der Waals surface area contributed by atoms with Gasteiger partial charge in [0.1, 0.15) is 18.0 Å². The molecule has 1 N–H and O–H groups in total. The van der Waals surface area contributed by atoms with Crippen LogP contribution in [-0.2, 0) is 14.8 Å². The maximum Gasteiger partial charge on any atom is 0.405 e. The molecule has 1 aromatic carbocycles. The van der Waals surface area contributed by atoms with Crippen molar-refractivity contribution in [2.24, 2.45) is 0 Å². The summed E-state index contributed by atoms with van der Waals surface area (Å²) in [6.45, 7) is -2.71. The van der Waals surface area contributed by atoms with Crippen LogP contribution >= 0.6 is 0 Å². The van der Waals surface area contributed by atoms with Gasteiger partial charge in [-0.2, -0.15) is 13.2 Å². The third kappa shape index (κ3) is 3.62. The third-order valence-corrected chi connectivity index (χ3v) is 5.05. The Kier molecular flexibility index (Phi) is 4.84. The molecule has 0 saturated carbocycles. The van der Waals surface area contributed by atoms with Crippen LogP contribution in [0.1, 0.15) is 10.4 Å². The van der Waals surface area contributed by atoms with Crippen molar-refractivity contribution in [1.29, 1.82) is 0 Å². The normalized spacial score (nSPS) is 15.7. The summed E-state index contributed by atoms with van der Waals surface area (Å²) in [7, 11) is -1.86. The fourth-order valence-electron chi connectivity index (χ4n) is 2.15. The maximum absolute atomic E-state index is 12.4. The van der Waals surface area contributed by atoms with Gasteiger partial charge in [0.2, 0.25) is 5.91 Å². The first-order valence-corrected chi connectivity index (χ1v) is 8.12. The SMILES string of the molecule is COc1cc2c(cc1OC)S(=O)(=O)N(CC(=O)NCC(F)(F)F)C2=O. The first-order chi connectivity index (χ1) is 11.5. The Morgan fingerprint density at radius 2 is 1.76 bits per heavy atom. The Balaban J connectivity index is 2.31. The molecule has 12 heteroatoms. The predicted octanol–water partition coefficient (Wildman–Crippen LogP) is 0.527. The Labute approximate surface area is 140 Å². The number of carbonyl (C=O) groups is 2. The van der Waals surface area contributed by atoms with Crippen LogP contribution in [0.5, 0.6) is 11.5 Å². The van der Waals surface area contributed by atoms with Gasteiger partial charge in [-0.3, -0.25) is 9.59 Å². The van der Waals surface area contributed by atoms with Crippen LogP contribution in [0, 0.1) is 0 Å². The number of fused-ring (bicyclic) bond motifs is 1. The topological polar surface area (TPSA) is 102 Å². The third-order valence-electron chi connectivity index (χ3n) is 3.28. The zero-order chi connectivity index (χ0) is 19.0. The van der Waals surface area contributed by atoms with E-state index in [-0.39, 0.29) is 21.4 Å². The molecule has 1 aromatic rings. The second-order valence-electron chi connectivity index (χ2n) is 4.91. The minimum Gasteiger partial charge on any atom is -0.493 e. The van der Waals surface area contributed by atoms with Crippen molar-refractivity contribution in [2.75, 3.05) is 27.3 Å². The van der Waals surface area contributed by atoms with Crippen molar-refractivity contribution < 1.29 is 40.7 Å². The van der Waals surface area contributed by atoms with Crippen molar-refractivity contribution in [2.45, 2.75) is 11.1 Å². The Hall–Kier alpha value is -2.50. The average Bonchev–Trinajstić information content (AvgIpc) is 2.71. The molecule has 0 bridgehead atoms. The fraction of sp³-hybridized carbons (Fsp3) is 0.385. The van der Waals surface area contributed by atoms with Crippen LogP contribution in [0.2, 0.25) is 0 Å². The molecule has 0 spiro atoms. The van der Waals surface area contributed by atoms with Gasteiger partial charge in [-0.25, -0.2) is 12.7 Å². The van der Waals surface area contributed by atoms with Crippen molar-refractivity contribution >= 4 is 21.8 Å². The summed E-state index contributed by atoms with van der Waals surface area (Å²) < 4.78 is 71.2. The van der Waals surface area contributed by atoms with E-state index in [0.29, 0.717) is 0 Å². The molecule has 0 saturated heterocycles. The molecule has 1 aliphatic rings. The summed E-state index contributed by atoms with van der Waals surface area (Å²) in [6.07, 6.45) is -4.66. The van der Waals surface area contributed by atoms with E-state index >= 15 is 0 Å². The van der Waals surface area contributed by atoms with E-state index in [9.17, 15) is 31.2 Å². The zero-order valence-corrected chi connectivity index (χ0v) is 13.8. The molecule has 138 valence electrons. The van der Waals surface area contributed by atoms with Gasteiger partial charge in [-0.1, -0.05) is 0 Å². The van der Waals surface area contributed by atoms with Crippen LogP contribution in [0.3, 0.4) is 0 Å². The minimum atomic E-state index is -4.66. The van der Waals surface area contributed by atoms with E-state index in [1.165, 1.54) is 19.5 Å². The molecule has 0 radical (unpaired) electrons. The van der Waals surface area contributed by atoms with E-state index in [2.05, 4.69) is 0 Å². The van der Waals surface area contributed by atoms with Crippen molar-refractivity contribution in [3.8, 4) is 11.5 Å². The van der Waals surface area contributed by atoms with Crippen molar-refractivity contribution in [3.05, 3.63) is 17.7 Å². The minimum absolute atomic E-state index is 0.0426. The molecule has 25 heavy (non-hydrogen) atoms. The first-order valence-electron chi connectivity index (χ1n) is 6.68. The number of sulfonamides is 1. The van der Waals surface area contributed by atoms with Gasteiger partial charge in [0.15, 0.2) is 11.5 Å². The standard InChI is InChI=1S/C13H13F3N2O6S/c1-23-8-3-7-10(4-9(8)24-2)25(21,22)18(12(7)20)5-11(19)17-6-13(14,15)16/h3-4H,5-6H2,1-2H3,(H,17,19). The zero-order valence-electron chi connectivity index (χ0n) is 13.0. The lowest BCUT2D eigenvalue weighted by Crippen LogP contribution is -2.43. The van der Waals surface area contributed by atoms with Crippen LogP contribution in [-0.4, -0.2) is 58.0 Å². The summed E-state index contributed by atoms with van der Waals surface area (Å²) in [5.74, 6) is -2.17. The molecule has 0 aliphatic carbocycles. The number of methoxy groups -OCH3 is 2.